The van der Waals surface area contributed by atoms with Crippen LogP contribution in [0.25, 0.3) is 0 Å². The van der Waals surface area contributed by atoms with Crippen LogP contribution in [0.15, 0.2) is 30.3 Å². The van der Waals surface area contributed by atoms with E-state index < -0.39 is 0 Å². The predicted molar refractivity (Wildman–Crippen MR) is 79.3 cm³/mol. The van der Waals surface area contributed by atoms with E-state index in [1.165, 1.54) is 19.3 Å². The van der Waals surface area contributed by atoms with E-state index in [4.69, 9.17) is 4.74 Å². The number of rotatable bonds is 10. The Morgan fingerprint density at radius 1 is 1.21 bits per heavy atom. The minimum atomic E-state index is 0.163. The number of hydrogen-bond donors (Lipinski definition) is 0. The molecule has 19 heavy (non-hydrogen) atoms. The molecule has 2 nitrogen and oxygen atoms in total. The summed E-state index contributed by atoms with van der Waals surface area (Å²) in [4.78, 5) is 11.8. The first-order chi connectivity index (χ1) is 9.26. The van der Waals surface area contributed by atoms with Gasteiger partial charge in [-0.05, 0) is 17.9 Å². The zero-order valence-corrected chi connectivity index (χ0v) is 12.2. The van der Waals surface area contributed by atoms with Crippen LogP contribution in [0, 0.1) is 5.92 Å². The van der Waals surface area contributed by atoms with Crippen molar-refractivity contribution in [3.8, 4) is 0 Å². The van der Waals surface area contributed by atoms with Crippen molar-refractivity contribution in [1.82, 2.24) is 0 Å². The Kier molecular flexibility index (Phi) is 8.15. The van der Waals surface area contributed by atoms with Crippen LogP contribution in [-0.2, 0) is 16.0 Å². The molecule has 0 amide bonds. The van der Waals surface area contributed by atoms with Gasteiger partial charge in [0.1, 0.15) is 6.61 Å². The minimum Gasteiger partial charge on any atom is -0.373 e. The first-order valence-corrected chi connectivity index (χ1v) is 7.39. The van der Waals surface area contributed by atoms with Gasteiger partial charge in [0.25, 0.3) is 0 Å². The van der Waals surface area contributed by atoms with Gasteiger partial charge in [0.15, 0.2) is 5.78 Å². The highest BCUT2D eigenvalue weighted by Crippen LogP contribution is 2.12. The molecule has 0 aliphatic carbocycles. The lowest BCUT2D eigenvalue weighted by atomic mass is 10.0. The molecule has 1 rings (SSSR count). The van der Waals surface area contributed by atoms with Crippen LogP contribution in [0.3, 0.4) is 0 Å². The van der Waals surface area contributed by atoms with Gasteiger partial charge in [0.05, 0.1) is 0 Å². The van der Waals surface area contributed by atoms with Crippen molar-refractivity contribution < 1.29 is 9.53 Å². The van der Waals surface area contributed by atoms with Gasteiger partial charge in [0, 0.05) is 13.0 Å². The Labute approximate surface area is 117 Å². The van der Waals surface area contributed by atoms with Crippen molar-refractivity contribution in [2.45, 2.75) is 46.0 Å². The van der Waals surface area contributed by atoms with E-state index in [1.54, 1.807) is 0 Å². The molecule has 0 bridgehead atoms. The number of carbonyl (C=O) groups is 1. The smallest absolute Gasteiger partial charge is 0.162 e. The molecule has 0 saturated carbocycles. The minimum absolute atomic E-state index is 0.163. The van der Waals surface area contributed by atoms with Gasteiger partial charge in [-0.15, -0.1) is 0 Å². The molecule has 1 aromatic rings. The number of Topliss-reactive ketones (excluding diaryl/α,β-unsaturated/α-hetero) is 1. The van der Waals surface area contributed by atoms with Gasteiger partial charge in [0.2, 0.25) is 0 Å². The fourth-order valence-electron chi connectivity index (χ4n) is 2.11. The Hall–Kier alpha value is -1.15. The van der Waals surface area contributed by atoms with Crippen LogP contribution in [0.2, 0.25) is 0 Å². The molecule has 0 aliphatic rings. The summed E-state index contributed by atoms with van der Waals surface area (Å²) < 4.78 is 5.57. The quantitative estimate of drug-likeness (QED) is 0.636. The van der Waals surface area contributed by atoms with Crippen molar-refractivity contribution >= 4 is 5.78 Å². The maximum atomic E-state index is 11.8. The lowest BCUT2D eigenvalue weighted by Crippen LogP contribution is -2.16. The summed E-state index contributed by atoms with van der Waals surface area (Å²) in [5.74, 6) is 0.765. The molecule has 0 radical (unpaired) electrons. The van der Waals surface area contributed by atoms with Gasteiger partial charge in [-0.25, -0.2) is 0 Å². The van der Waals surface area contributed by atoms with E-state index in [1.807, 2.05) is 30.3 Å². The third-order valence-electron chi connectivity index (χ3n) is 3.40. The van der Waals surface area contributed by atoms with Crippen molar-refractivity contribution in [3.63, 3.8) is 0 Å². The molecule has 0 aliphatic heterocycles. The van der Waals surface area contributed by atoms with Crippen LogP contribution in [-0.4, -0.2) is 19.0 Å². The summed E-state index contributed by atoms with van der Waals surface area (Å²) in [6, 6.07) is 9.84. The Morgan fingerprint density at radius 2 is 1.95 bits per heavy atom. The standard InChI is InChI=1S/C17H26O2/c1-3-5-9-15(4-2)13-19-14-17(18)12-16-10-7-6-8-11-16/h6-8,10-11,15H,3-5,9,12-14H2,1-2H3. The number of hydrogen-bond acceptors (Lipinski definition) is 2. The number of unbranched alkanes of at least 4 members (excludes halogenated alkanes) is 1. The maximum absolute atomic E-state index is 11.8. The molecule has 0 saturated heterocycles. The zero-order chi connectivity index (χ0) is 13.9. The molecular formula is C17H26O2. The summed E-state index contributed by atoms with van der Waals surface area (Å²) >= 11 is 0. The molecule has 1 unspecified atom stereocenters. The normalized spacial score (nSPS) is 12.3. The summed E-state index contributed by atoms with van der Waals surface area (Å²) in [5, 5.41) is 0. The molecule has 0 spiro atoms. The fourth-order valence-corrected chi connectivity index (χ4v) is 2.11. The van der Waals surface area contributed by atoms with Gasteiger partial charge < -0.3 is 4.74 Å². The Balaban J connectivity index is 2.19. The molecule has 106 valence electrons. The van der Waals surface area contributed by atoms with Gasteiger partial charge in [-0.3, -0.25) is 4.79 Å². The second-order valence-electron chi connectivity index (χ2n) is 5.13. The van der Waals surface area contributed by atoms with Gasteiger partial charge in [-0.1, -0.05) is 63.4 Å². The van der Waals surface area contributed by atoms with Crippen molar-refractivity contribution in [2.75, 3.05) is 13.2 Å². The van der Waals surface area contributed by atoms with Gasteiger partial charge in [-0.2, -0.15) is 0 Å². The van der Waals surface area contributed by atoms with Crippen LogP contribution >= 0.6 is 0 Å². The molecule has 0 N–H and O–H groups in total. The number of ether oxygens (including phenoxy) is 1. The highest BCUT2D eigenvalue weighted by molar-refractivity contribution is 5.82. The van der Waals surface area contributed by atoms with Crippen molar-refractivity contribution in [1.29, 1.82) is 0 Å². The van der Waals surface area contributed by atoms with Crippen molar-refractivity contribution in [3.05, 3.63) is 35.9 Å². The first kappa shape index (κ1) is 15.9. The monoisotopic (exact) mass is 262 g/mol. The van der Waals surface area contributed by atoms with E-state index >= 15 is 0 Å². The van der Waals surface area contributed by atoms with E-state index in [0.29, 0.717) is 12.3 Å². The Morgan fingerprint density at radius 3 is 2.58 bits per heavy atom. The van der Waals surface area contributed by atoms with Crippen LogP contribution in [0.5, 0.6) is 0 Å². The lowest BCUT2D eigenvalue weighted by Gasteiger charge is -2.14. The molecule has 0 fully saturated rings. The molecule has 0 heterocycles. The number of ketones is 1. The lowest BCUT2D eigenvalue weighted by molar-refractivity contribution is -0.123. The number of carbonyl (C=O) groups excluding carboxylic acids is 1. The van der Waals surface area contributed by atoms with Crippen LogP contribution in [0.1, 0.15) is 45.1 Å². The second kappa shape index (κ2) is 9.74. The largest absolute Gasteiger partial charge is 0.373 e. The van der Waals surface area contributed by atoms with E-state index in [-0.39, 0.29) is 12.4 Å². The summed E-state index contributed by atoms with van der Waals surface area (Å²) in [7, 11) is 0. The van der Waals surface area contributed by atoms with Gasteiger partial charge >= 0.3 is 0 Å². The third kappa shape index (κ3) is 7.12. The molecule has 0 aromatic heterocycles. The summed E-state index contributed by atoms with van der Waals surface area (Å²) in [6.07, 6.45) is 5.29. The average molecular weight is 262 g/mol. The zero-order valence-electron chi connectivity index (χ0n) is 12.2. The summed E-state index contributed by atoms with van der Waals surface area (Å²) in [5.41, 5.74) is 1.06. The molecule has 2 heteroatoms. The fraction of sp³-hybridized carbons (Fsp3) is 0.588. The molecule has 1 aromatic carbocycles. The summed E-state index contributed by atoms with van der Waals surface area (Å²) in [6.45, 7) is 5.36. The molecule has 1 atom stereocenters. The average Bonchev–Trinajstić information content (AvgIpc) is 2.43. The SMILES string of the molecule is CCCCC(CC)COCC(=O)Cc1ccccc1. The van der Waals surface area contributed by atoms with Crippen LogP contribution < -0.4 is 0 Å². The molecular weight excluding hydrogens is 236 g/mol. The topological polar surface area (TPSA) is 26.3 Å². The van der Waals surface area contributed by atoms with E-state index in [2.05, 4.69) is 13.8 Å². The predicted octanol–water partition coefficient (Wildman–Crippen LogP) is 4.03. The Bertz CT molecular complexity index is 346. The van der Waals surface area contributed by atoms with E-state index in [0.717, 1.165) is 18.6 Å². The highest BCUT2D eigenvalue weighted by Gasteiger charge is 2.08. The van der Waals surface area contributed by atoms with E-state index in [9.17, 15) is 4.79 Å². The first-order valence-electron chi connectivity index (χ1n) is 7.39. The second-order valence-corrected chi connectivity index (χ2v) is 5.13. The maximum Gasteiger partial charge on any atom is 0.162 e. The third-order valence-corrected chi connectivity index (χ3v) is 3.40. The van der Waals surface area contributed by atoms with Crippen LogP contribution in [0.4, 0.5) is 0 Å². The van der Waals surface area contributed by atoms with Crippen molar-refractivity contribution in [2.24, 2.45) is 5.92 Å². The highest BCUT2D eigenvalue weighted by atomic mass is 16.5. The number of benzene rings is 1.